The lowest BCUT2D eigenvalue weighted by Crippen LogP contribution is -2.01. The average Bonchev–Trinajstić information content (AvgIpc) is 2.39. The summed E-state index contributed by atoms with van der Waals surface area (Å²) in [5, 5.41) is 3.15. The van der Waals surface area contributed by atoms with Crippen LogP contribution in [-0.4, -0.2) is 12.0 Å². The number of aromatic nitrogens is 1. The van der Waals surface area contributed by atoms with E-state index in [1.54, 1.807) is 12.1 Å². The van der Waals surface area contributed by atoms with Gasteiger partial charge in [0.25, 0.3) is 5.88 Å². The summed E-state index contributed by atoms with van der Waals surface area (Å²) < 4.78 is 32.3. The Balaban J connectivity index is 2.39. The number of hydrogen-bond acceptors (Lipinski definition) is 3. The third-order valence-electron chi connectivity index (χ3n) is 2.76. The first-order valence-corrected chi connectivity index (χ1v) is 6.28. The number of pyridine rings is 1. The Morgan fingerprint density at radius 3 is 2.25 bits per heavy atom. The SMILES string of the molecule is CNc1nc(Oc2cc(C)c(Cl)c(C)c2)c(F)cc1F. The lowest BCUT2D eigenvalue weighted by atomic mass is 10.1. The fourth-order valence-electron chi connectivity index (χ4n) is 1.77. The molecule has 20 heavy (non-hydrogen) atoms. The number of rotatable bonds is 3. The molecule has 0 unspecified atom stereocenters. The van der Waals surface area contributed by atoms with Crippen LogP contribution in [0.1, 0.15) is 11.1 Å². The number of benzene rings is 1. The summed E-state index contributed by atoms with van der Waals surface area (Å²) in [5.74, 6) is -1.63. The lowest BCUT2D eigenvalue weighted by Gasteiger charge is -2.11. The molecule has 0 aliphatic rings. The van der Waals surface area contributed by atoms with Gasteiger partial charge in [-0.3, -0.25) is 0 Å². The van der Waals surface area contributed by atoms with Crippen LogP contribution in [0.2, 0.25) is 5.02 Å². The van der Waals surface area contributed by atoms with E-state index in [0.29, 0.717) is 10.8 Å². The fraction of sp³-hybridized carbons (Fsp3) is 0.214. The van der Waals surface area contributed by atoms with Crippen LogP contribution < -0.4 is 10.1 Å². The van der Waals surface area contributed by atoms with E-state index < -0.39 is 11.6 Å². The minimum absolute atomic E-state index is 0.0798. The number of nitrogens with zero attached hydrogens (tertiary/aromatic N) is 1. The molecule has 6 heteroatoms. The van der Waals surface area contributed by atoms with Gasteiger partial charge in [0.2, 0.25) is 0 Å². The highest BCUT2D eigenvalue weighted by atomic mass is 35.5. The van der Waals surface area contributed by atoms with Crippen molar-refractivity contribution in [1.82, 2.24) is 4.98 Å². The lowest BCUT2D eigenvalue weighted by molar-refractivity contribution is 0.417. The molecule has 0 atom stereocenters. The van der Waals surface area contributed by atoms with Crippen LogP contribution in [0, 0.1) is 25.5 Å². The van der Waals surface area contributed by atoms with Gasteiger partial charge < -0.3 is 10.1 Å². The summed E-state index contributed by atoms with van der Waals surface area (Å²) in [6.45, 7) is 3.63. The van der Waals surface area contributed by atoms with Crippen LogP contribution in [-0.2, 0) is 0 Å². The molecule has 0 saturated carbocycles. The predicted octanol–water partition coefficient (Wildman–Crippen LogP) is 4.46. The molecular formula is C14H13ClF2N2O. The summed E-state index contributed by atoms with van der Waals surface area (Å²) in [6.07, 6.45) is 0. The molecule has 0 amide bonds. The average molecular weight is 299 g/mol. The van der Waals surface area contributed by atoms with Crippen molar-refractivity contribution in [1.29, 1.82) is 0 Å². The van der Waals surface area contributed by atoms with E-state index in [-0.39, 0.29) is 11.7 Å². The van der Waals surface area contributed by atoms with E-state index in [0.717, 1.165) is 17.2 Å². The highest BCUT2D eigenvalue weighted by Gasteiger charge is 2.14. The summed E-state index contributed by atoms with van der Waals surface area (Å²) in [6, 6.07) is 4.06. The molecule has 0 saturated heterocycles. The van der Waals surface area contributed by atoms with Gasteiger partial charge >= 0.3 is 0 Å². The van der Waals surface area contributed by atoms with Gasteiger partial charge in [-0.05, 0) is 37.1 Å². The molecule has 0 aliphatic heterocycles. The van der Waals surface area contributed by atoms with E-state index in [1.807, 2.05) is 13.8 Å². The van der Waals surface area contributed by atoms with E-state index in [2.05, 4.69) is 10.3 Å². The van der Waals surface area contributed by atoms with Crippen molar-refractivity contribution in [3.05, 3.63) is 46.0 Å². The molecule has 0 spiro atoms. The standard InChI is InChI=1S/C14H13ClF2N2O/c1-7-4-9(5-8(2)12(7)15)20-14-11(17)6-10(16)13(18-3)19-14/h4-6H,1-3H3,(H,18,19). The van der Waals surface area contributed by atoms with Crippen molar-refractivity contribution in [3.8, 4) is 11.6 Å². The number of anilines is 1. The van der Waals surface area contributed by atoms with Crippen LogP contribution in [0.15, 0.2) is 18.2 Å². The molecule has 3 nitrogen and oxygen atoms in total. The Bertz CT molecular complexity index is 639. The van der Waals surface area contributed by atoms with Gasteiger partial charge in [0.15, 0.2) is 17.5 Å². The third-order valence-corrected chi connectivity index (χ3v) is 3.35. The number of ether oxygens (including phenoxy) is 1. The van der Waals surface area contributed by atoms with Crippen molar-refractivity contribution >= 4 is 17.4 Å². The Morgan fingerprint density at radius 1 is 1.10 bits per heavy atom. The molecule has 2 aromatic rings. The monoisotopic (exact) mass is 298 g/mol. The second kappa shape index (κ2) is 5.63. The Hall–Kier alpha value is -1.88. The van der Waals surface area contributed by atoms with Gasteiger partial charge in [-0.15, -0.1) is 0 Å². The first-order chi connectivity index (χ1) is 9.42. The molecule has 0 aliphatic carbocycles. The summed E-state index contributed by atoms with van der Waals surface area (Å²) in [4.78, 5) is 3.75. The van der Waals surface area contributed by atoms with E-state index in [9.17, 15) is 8.78 Å². The Morgan fingerprint density at radius 2 is 1.70 bits per heavy atom. The summed E-state index contributed by atoms with van der Waals surface area (Å²) in [5.41, 5.74) is 1.61. The van der Waals surface area contributed by atoms with Gasteiger partial charge in [-0.1, -0.05) is 11.6 Å². The number of halogens is 3. The Kier molecular flexibility index (Phi) is 4.09. The third kappa shape index (κ3) is 2.82. The zero-order valence-corrected chi connectivity index (χ0v) is 12.0. The van der Waals surface area contributed by atoms with E-state index in [4.69, 9.17) is 16.3 Å². The molecule has 0 fully saturated rings. The highest BCUT2D eigenvalue weighted by molar-refractivity contribution is 6.32. The van der Waals surface area contributed by atoms with Crippen molar-refractivity contribution < 1.29 is 13.5 Å². The topological polar surface area (TPSA) is 34.2 Å². The van der Waals surface area contributed by atoms with Crippen LogP contribution >= 0.6 is 11.6 Å². The number of aryl methyl sites for hydroxylation is 2. The molecule has 106 valence electrons. The van der Waals surface area contributed by atoms with Crippen molar-refractivity contribution in [2.45, 2.75) is 13.8 Å². The smallest absolute Gasteiger partial charge is 0.258 e. The fourth-order valence-corrected chi connectivity index (χ4v) is 1.88. The number of nitrogens with one attached hydrogen (secondary N) is 1. The largest absolute Gasteiger partial charge is 0.436 e. The van der Waals surface area contributed by atoms with E-state index >= 15 is 0 Å². The van der Waals surface area contributed by atoms with Crippen LogP contribution in [0.5, 0.6) is 11.6 Å². The molecule has 1 heterocycles. The number of hydrogen-bond donors (Lipinski definition) is 1. The van der Waals surface area contributed by atoms with Crippen molar-refractivity contribution in [2.24, 2.45) is 0 Å². The maximum Gasteiger partial charge on any atom is 0.258 e. The molecular weight excluding hydrogens is 286 g/mol. The van der Waals surface area contributed by atoms with Crippen LogP contribution in [0.4, 0.5) is 14.6 Å². The van der Waals surface area contributed by atoms with Gasteiger partial charge in [-0.25, -0.2) is 8.78 Å². The van der Waals surface area contributed by atoms with Gasteiger partial charge in [-0.2, -0.15) is 4.98 Å². The molecule has 1 N–H and O–H groups in total. The highest BCUT2D eigenvalue weighted by Crippen LogP contribution is 2.30. The van der Waals surface area contributed by atoms with E-state index in [1.165, 1.54) is 7.05 Å². The van der Waals surface area contributed by atoms with Crippen LogP contribution in [0.3, 0.4) is 0 Å². The predicted molar refractivity (Wildman–Crippen MR) is 74.7 cm³/mol. The zero-order chi connectivity index (χ0) is 14.9. The van der Waals surface area contributed by atoms with Crippen LogP contribution in [0.25, 0.3) is 0 Å². The Labute approximate surface area is 120 Å². The maximum absolute atomic E-state index is 13.7. The van der Waals surface area contributed by atoms with Crippen molar-refractivity contribution in [3.63, 3.8) is 0 Å². The molecule has 0 radical (unpaired) electrons. The van der Waals surface area contributed by atoms with Gasteiger partial charge in [0.1, 0.15) is 5.75 Å². The molecule has 1 aromatic heterocycles. The minimum Gasteiger partial charge on any atom is -0.436 e. The normalized spacial score (nSPS) is 10.5. The quantitative estimate of drug-likeness (QED) is 0.908. The first kappa shape index (κ1) is 14.5. The second-order valence-electron chi connectivity index (χ2n) is 4.33. The van der Waals surface area contributed by atoms with Gasteiger partial charge in [0.05, 0.1) is 0 Å². The molecule has 1 aromatic carbocycles. The maximum atomic E-state index is 13.7. The summed E-state index contributed by atoms with van der Waals surface area (Å²) >= 11 is 6.05. The summed E-state index contributed by atoms with van der Waals surface area (Å²) in [7, 11) is 1.49. The molecule has 2 rings (SSSR count). The second-order valence-corrected chi connectivity index (χ2v) is 4.71. The minimum atomic E-state index is -0.869. The van der Waals surface area contributed by atoms with Crippen molar-refractivity contribution in [2.75, 3.05) is 12.4 Å². The zero-order valence-electron chi connectivity index (χ0n) is 11.2. The first-order valence-electron chi connectivity index (χ1n) is 5.90. The van der Waals surface area contributed by atoms with Gasteiger partial charge in [0, 0.05) is 18.1 Å². The molecule has 0 bridgehead atoms.